The summed E-state index contributed by atoms with van der Waals surface area (Å²) in [5, 5.41) is 9.85. The molecule has 2 nitrogen and oxygen atoms in total. The summed E-state index contributed by atoms with van der Waals surface area (Å²) in [5.41, 5.74) is 0.768. The number of hydrogen-bond donors (Lipinski definition) is 1. The molecular formula is C12H10F2O2. The smallest absolute Gasteiger partial charge is 0.132 e. The van der Waals surface area contributed by atoms with E-state index >= 15 is 0 Å². The maximum atomic E-state index is 13.4. The second-order valence-corrected chi connectivity index (χ2v) is 3.58. The van der Waals surface area contributed by atoms with E-state index < -0.39 is 17.7 Å². The molecular weight excluding hydrogens is 214 g/mol. The number of rotatable bonds is 2. The number of benzene rings is 1. The number of aliphatic hydroxyl groups is 1. The standard InChI is InChI=1S/C12H10F2O2/c1-7-4-9(11(14)5-10(7)13)12(15)8-2-3-16-6-8/h2-6,12,15H,1H3. The van der Waals surface area contributed by atoms with Gasteiger partial charge in [-0.3, -0.25) is 0 Å². The minimum Gasteiger partial charge on any atom is -0.472 e. The van der Waals surface area contributed by atoms with Gasteiger partial charge in [0.1, 0.15) is 17.7 Å². The molecule has 16 heavy (non-hydrogen) atoms. The lowest BCUT2D eigenvalue weighted by molar-refractivity contribution is 0.213. The minimum atomic E-state index is -1.14. The molecule has 1 aromatic heterocycles. The first kappa shape index (κ1) is 10.8. The fourth-order valence-corrected chi connectivity index (χ4v) is 1.50. The second kappa shape index (κ2) is 4.06. The third-order valence-corrected chi connectivity index (χ3v) is 2.43. The Morgan fingerprint density at radius 1 is 1.25 bits per heavy atom. The zero-order chi connectivity index (χ0) is 11.7. The maximum absolute atomic E-state index is 13.4. The molecule has 2 rings (SSSR count). The van der Waals surface area contributed by atoms with Gasteiger partial charge in [0.05, 0.1) is 12.5 Å². The number of furan rings is 1. The third-order valence-electron chi connectivity index (χ3n) is 2.43. The van der Waals surface area contributed by atoms with Crippen LogP contribution < -0.4 is 0 Å². The summed E-state index contributed by atoms with van der Waals surface area (Å²) in [7, 11) is 0. The van der Waals surface area contributed by atoms with Gasteiger partial charge >= 0.3 is 0 Å². The molecule has 1 atom stereocenters. The number of hydrogen-bond acceptors (Lipinski definition) is 2. The van der Waals surface area contributed by atoms with Crippen LogP contribution in [0.25, 0.3) is 0 Å². The Hall–Kier alpha value is -1.68. The van der Waals surface area contributed by atoms with Crippen molar-refractivity contribution in [3.63, 3.8) is 0 Å². The van der Waals surface area contributed by atoms with Crippen molar-refractivity contribution < 1.29 is 18.3 Å². The van der Waals surface area contributed by atoms with Gasteiger partial charge in [0, 0.05) is 17.2 Å². The molecule has 0 spiro atoms. The lowest BCUT2D eigenvalue weighted by Crippen LogP contribution is -2.03. The van der Waals surface area contributed by atoms with Gasteiger partial charge in [-0.2, -0.15) is 0 Å². The van der Waals surface area contributed by atoms with Crippen LogP contribution in [0.15, 0.2) is 35.1 Å². The van der Waals surface area contributed by atoms with Crippen LogP contribution in [-0.4, -0.2) is 5.11 Å². The molecule has 4 heteroatoms. The summed E-state index contributed by atoms with van der Waals surface area (Å²) in [4.78, 5) is 0. The van der Waals surface area contributed by atoms with Gasteiger partial charge < -0.3 is 9.52 Å². The van der Waals surface area contributed by atoms with Crippen molar-refractivity contribution in [1.29, 1.82) is 0 Å². The van der Waals surface area contributed by atoms with E-state index in [2.05, 4.69) is 0 Å². The van der Waals surface area contributed by atoms with Gasteiger partial charge in [0.2, 0.25) is 0 Å². The van der Waals surface area contributed by atoms with E-state index in [1.54, 1.807) is 0 Å². The van der Waals surface area contributed by atoms with Crippen LogP contribution in [-0.2, 0) is 0 Å². The maximum Gasteiger partial charge on any atom is 0.132 e. The molecule has 0 aliphatic carbocycles. The predicted octanol–water partition coefficient (Wildman–Crippen LogP) is 2.95. The Balaban J connectivity index is 2.44. The molecule has 0 radical (unpaired) electrons. The summed E-state index contributed by atoms with van der Waals surface area (Å²) in [6.45, 7) is 1.51. The van der Waals surface area contributed by atoms with E-state index in [-0.39, 0.29) is 5.56 Å². The summed E-state index contributed by atoms with van der Waals surface area (Å²) >= 11 is 0. The fourth-order valence-electron chi connectivity index (χ4n) is 1.50. The summed E-state index contributed by atoms with van der Waals surface area (Å²) < 4.78 is 31.3. The Morgan fingerprint density at radius 3 is 2.62 bits per heavy atom. The highest BCUT2D eigenvalue weighted by Crippen LogP contribution is 2.26. The SMILES string of the molecule is Cc1cc(C(O)c2ccoc2)c(F)cc1F. The van der Waals surface area contributed by atoms with Crippen LogP contribution in [0.5, 0.6) is 0 Å². The van der Waals surface area contributed by atoms with Crippen molar-refractivity contribution in [3.8, 4) is 0 Å². The van der Waals surface area contributed by atoms with E-state index in [1.807, 2.05) is 0 Å². The van der Waals surface area contributed by atoms with Gasteiger partial charge in [0.25, 0.3) is 0 Å². The van der Waals surface area contributed by atoms with Gasteiger partial charge in [-0.25, -0.2) is 8.78 Å². The molecule has 84 valence electrons. The van der Waals surface area contributed by atoms with Crippen molar-refractivity contribution in [2.75, 3.05) is 0 Å². The molecule has 1 aromatic carbocycles. The first-order valence-electron chi connectivity index (χ1n) is 4.75. The van der Waals surface area contributed by atoms with Crippen LogP contribution in [0, 0.1) is 18.6 Å². The van der Waals surface area contributed by atoms with Crippen LogP contribution in [0.3, 0.4) is 0 Å². The highest BCUT2D eigenvalue weighted by Gasteiger charge is 2.17. The Labute approximate surface area is 91.1 Å². The van der Waals surface area contributed by atoms with Gasteiger partial charge in [-0.15, -0.1) is 0 Å². The van der Waals surface area contributed by atoms with Crippen molar-refractivity contribution in [2.45, 2.75) is 13.0 Å². The monoisotopic (exact) mass is 224 g/mol. The number of halogens is 2. The highest BCUT2D eigenvalue weighted by molar-refractivity contribution is 5.32. The molecule has 0 aliphatic heterocycles. The highest BCUT2D eigenvalue weighted by atomic mass is 19.1. The second-order valence-electron chi connectivity index (χ2n) is 3.58. The molecule has 0 saturated carbocycles. The number of aliphatic hydroxyl groups excluding tert-OH is 1. The third kappa shape index (κ3) is 1.84. The lowest BCUT2D eigenvalue weighted by Gasteiger charge is -2.11. The average molecular weight is 224 g/mol. The predicted molar refractivity (Wildman–Crippen MR) is 53.9 cm³/mol. The normalized spacial score (nSPS) is 12.8. The lowest BCUT2D eigenvalue weighted by atomic mass is 10.0. The summed E-state index contributed by atoms with van der Waals surface area (Å²) in [5.74, 6) is -1.39. The first-order valence-corrected chi connectivity index (χ1v) is 4.75. The molecule has 2 aromatic rings. The molecule has 1 N–H and O–H groups in total. The van der Waals surface area contributed by atoms with E-state index in [0.29, 0.717) is 11.1 Å². The average Bonchev–Trinajstić information content (AvgIpc) is 2.75. The van der Waals surface area contributed by atoms with Crippen molar-refractivity contribution >= 4 is 0 Å². The van der Waals surface area contributed by atoms with Crippen LogP contribution in [0.4, 0.5) is 8.78 Å². The van der Waals surface area contributed by atoms with E-state index in [0.717, 1.165) is 6.07 Å². The summed E-state index contributed by atoms with van der Waals surface area (Å²) in [6, 6.07) is 3.60. The van der Waals surface area contributed by atoms with E-state index in [1.165, 1.54) is 31.6 Å². The minimum absolute atomic E-state index is 0.0419. The Bertz CT molecular complexity index is 492. The van der Waals surface area contributed by atoms with Crippen LogP contribution in [0.1, 0.15) is 22.8 Å². The molecule has 0 amide bonds. The fraction of sp³-hybridized carbons (Fsp3) is 0.167. The van der Waals surface area contributed by atoms with E-state index in [9.17, 15) is 13.9 Å². The molecule has 1 unspecified atom stereocenters. The van der Waals surface area contributed by atoms with Gasteiger partial charge in [-0.05, 0) is 24.6 Å². The molecule has 0 saturated heterocycles. The quantitative estimate of drug-likeness (QED) is 0.850. The molecule has 0 bridgehead atoms. The van der Waals surface area contributed by atoms with Crippen LogP contribution in [0.2, 0.25) is 0 Å². The van der Waals surface area contributed by atoms with Crippen molar-refractivity contribution in [3.05, 3.63) is 59.1 Å². The first-order chi connectivity index (χ1) is 7.59. The van der Waals surface area contributed by atoms with Gasteiger partial charge in [-0.1, -0.05) is 0 Å². The molecule has 0 aliphatic rings. The van der Waals surface area contributed by atoms with Gasteiger partial charge in [0.15, 0.2) is 0 Å². The zero-order valence-corrected chi connectivity index (χ0v) is 8.58. The summed E-state index contributed by atoms with van der Waals surface area (Å²) in [6.07, 6.45) is 1.56. The van der Waals surface area contributed by atoms with Crippen molar-refractivity contribution in [1.82, 2.24) is 0 Å². The Morgan fingerprint density at radius 2 is 2.00 bits per heavy atom. The van der Waals surface area contributed by atoms with Crippen molar-refractivity contribution in [2.24, 2.45) is 0 Å². The Kier molecular flexibility index (Phi) is 2.75. The van der Waals surface area contributed by atoms with Crippen LogP contribution >= 0.6 is 0 Å². The molecule has 1 heterocycles. The zero-order valence-electron chi connectivity index (χ0n) is 8.58. The largest absolute Gasteiger partial charge is 0.472 e. The van der Waals surface area contributed by atoms with E-state index in [4.69, 9.17) is 4.42 Å². The molecule has 0 fully saturated rings. The number of aryl methyl sites for hydroxylation is 1. The topological polar surface area (TPSA) is 33.4 Å².